The summed E-state index contributed by atoms with van der Waals surface area (Å²) in [7, 11) is 0. The van der Waals surface area contributed by atoms with Crippen LogP contribution in [-0.4, -0.2) is 21.3 Å². The smallest absolute Gasteiger partial charge is 0.197 e. The maximum absolute atomic E-state index is 13.2. The molecule has 0 saturated heterocycles. The zero-order valence-electron chi connectivity index (χ0n) is 14.3. The van der Waals surface area contributed by atoms with E-state index in [2.05, 4.69) is 5.10 Å². The number of aromatic nitrogens is 2. The first-order chi connectivity index (χ1) is 12.5. The van der Waals surface area contributed by atoms with Gasteiger partial charge in [0.15, 0.2) is 11.6 Å². The largest absolute Gasteiger partial charge is 0.288 e. The number of allylic oxidation sites excluding steroid dienone is 1. The SMILES string of the molecule is Cc1nn(-c2ccc(F)cc2)c(C)c1C=C1C(=O)c2ccccc2C1=O. The molecule has 0 aliphatic heterocycles. The van der Waals surface area contributed by atoms with Gasteiger partial charge in [-0.25, -0.2) is 9.07 Å². The minimum absolute atomic E-state index is 0.149. The molecule has 0 bridgehead atoms. The summed E-state index contributed by atoms with van der Waals surface area (Å²) in [6, 6.07) is 12.8. The van der Waals surface area contributed by atoms with Crippen LogP contribution in [0.5, 0.6) is 0 Å². The standard InChI is InChI=1S/C21H15FN2O2/c1-12-18(13(2)24(23-12)15-9-7-14(22)8-10-15)11-19-20(25)16-5-3-4-6-17(16)21(19)26/h3-11H,1-2H3. The molecule has 0 fully saturated rings. The molecule has 0 unspecified atom stereocenters. The predicted molar refractivity (Wildman–Crippen MR) is 96.1 cm³/mol. The van der Waals surface area contributed by atoms with E-state index in [1.807, 2.05) is 13.8 Å². The van der Waals surface area contributed by atoms with E-state index >= 15 is 0 Å². The number of fused-ring (bicyclic) bond motifs is 1. The maximum Gasteiger partial charge on any atom is 0.197 e. The van der Waals surface area contributed by atoms with E-state index in [-0.39, 0.29) is 23.0 Å². The minimum atomic E-state index is -0.322. The van der Waals surface area contributed by atoms with Gasteiger partial charge in [-0.05, 0) is 44.2 Å². The highest BCUT2D eigenvalue weighted by atomic mass is 19.1. The number of hydrogen-bond donors (Lipinski definition) is 0. The highest BCUT2D eigenvalue weighted by Gasteiger charge is 2.33. The first-order valence-electron chi connectivity index (χ1n) is 8.19. The van der Waals surface area contributed by atoms with E-state index < -0.39 is 0 Å². The van der Waals surface area contributed by atoms with Crippen molar-refractivity contribution in [2.24, 2.45) is 0 Å². The molecule has 4 rings (SSSR count). The Morgan fingerprint density at radius 3 is 2.08 bits per heavy atom. The average molecular weight is 346 g/mol. The van der Waals surface area contributed by atoms with Crippen LogP contribution in [0, 0.1) is 19.7 Å². The number of carbonyl (C=O) groups is 2. The lowest BCUT2D eigenvalue weighted by Crippen LogP contribution is -2.01. The fourth-order valence-electron chi connectivity index (χ4n) is 3.25. The maximum atomic E-state index is 13.2. The fourth-order valence-corrected chi connectivity index (χ4v) is 3.25. The summed E-state index contributed by atoms with van der Waals surface area (Å²) in [5.74, 6) is -0.851. The normalized spacial score (nSPS) is 13.3. The third-order valence-corrected chi connectivity index (χ3v) is 4.61. The summed E-state index contributed by atoms with van der Waals surface area (Å²) in [5, 5.41) is 4.48. The van der Waals surface area contributed by atoms with Gasteiger partial charge in [-0.3, -0.25) is 9.59 Å². The van der Waals surface area contributed by atoms with Crippen LogP contribution >= 0.6 is 0 Å². The molecule has 1 aliphatic rings. The third kappa shape index (κ3) is 2.40. The van der Waals surface area contributed by atoms with Crippen LogP contribution in [0.2, 0.25) is 0 Å². The van der Waals surface area contributed by atoms with Crippen molar-refractivity contribution in [2.45, 2.75) is 13.8 Å². The van der Waals surface area contributed by atoms with Gasteiger partial charge in [0, 0.05) is 22.4 Å². The number of nitrogens with zero attached hydrogens (tertiary/aromatic N) is 2. The van der Waals surface area contributed by atoms with Crippen molar-refractivity contribution in [2.75, 3.05) is 0 Å². The molecule has 26 heavy (non-hydrogen) atoms. The van der Waals surface area contributed by atoms with Gasteiger partial charge in [0.25, 0.3) is 0 Å². The van der Waals surface area contributed by atoms with Crippen LogP contribution in [0.1, 0.15) is 37.7 Å². The van der Waals surface area contributed by atoms with Crippen LogP contribution in [0.25, 0.3) is 11.8 Å². The number of ketones is 2. The van der Waals surface area contributed by atoms with Crippen LogP contribution < -0.4 is 0 Å². The number of aryl methyl sites for hydroxylation is 1. The number of Topliss-reactive ketones (excluding diaryl/α,β-unsaturated/α-hetero) is 2. The molecule has 4 nitrogen and oxygen atoms in total. The van der Waals surface area contributed by atoms with E-state index in [4.69, 9.17) is 0 Å². The minimum Gasteiger partial charge on any atom is -0.288 e. The second-order valence-corrected chi connectivity index (χ2v) is 6.23. The van der Waals surface area contributed by atoms with E-state index in [1.165, 1.54) is 12.1 Å². The highest BCUT2D eigenvalue weighted by molar-refractivity contribution is 6.41. The lowest BCUT2D eigenvalue weighted by atomic mass is 10.1. The zero-order chi connectivity index (χ0) is 18.4. The van der Waals surface area contributed by atoms with Crippen molar-refractivity contribution in [3.05, 3.63) is 88.0 Å². The summed E-state index contributed by atoms with van der Waals surface area (Å²) in [4.78, 5) is 25.2. The van der Waals surface area contributed by atoms with Gasteiger partial charge >= 0.3 is 0 Å². The number of rotatable bonds is 2. The Labute approximate surface area is 149 Å². The van der Waals surface area contributed by atoms with Gasteiger partial charge in [-0.1, -0.05) is 24.3 Å². The fraction of sp³-hybridized carbons (Fsp3) is 0.0952. The molecule has 3 aromatic rings. The summed E-state index contributed by atoms with van der Waals surface area (Å²) >= 11 is 0. The molecule has 0 amide bonds. The molecule has 1 heterocycles. The molecular weight excluding hydrogens is 331 g/mol. The molecule has 0 atom stereocenters. The average Bonchev–Trinajstić information content (AvgIpc) is 3.06. The lowest BCUT2D eigenvalue weighted by molar-refractivity contribution is 0.0990. The van der Waals surface area contributed by atoms with E-state index in [0.29, 0.717) is 22.5 Å². The molecule has 0 N–H and O–H groups in total. The summed E-state index contributed by atoms with van der Waals surface area (Å²) in [6.07, 6.45) is 1.61. The first-order valence-corrected chi connectivity index (χ1v) is 8.19. The Bertz CT molecular complexity index is 1050. The Kier molecular flexibility index (Phi) is 3.65. The van der Waals surface area contributed by atoms with Crippen molar-refractivity contribution >= 4 is 17.6 Å². The van der Waals surface area contributed by atoms with Crippen molar-refractivity contribution < 1.29 is 14.0 Å². The number of hydrogen-bond acceptors (Lipinski definition) is 3. The second-order valence-electron chi connectivity index (χ2n) is 6.23. The number of carbonyl (C=O) groups excluding carboxylic acids is 2. The Balaban J connectivity index is 1.81. The molecule has 0 saturated carbocycles. The quantitative estimate of drug-likeness (QED) is 0.519. The van der Waals surface area contributed by atoms with Crippen LogP contribution in [-0.2, 0) is 0 Å². The molecule has 128 valence electrons. The van der Waals surface area contributed by atoms with Gasteiger partial charge in [0.1, 0.15) is 5.82 Å². The molecule has 0 radical (unpaired) electrons. The van der Waals surface area contributed by atoms with Crippen molar-refractivity contribution in [1.82, 2.24) is 9.78 Å². The van der Waals surface area contributed by atoms with Gasteiger partial charge in [0.2, 0.25) is 0 Å². The Hall–Kier alpha value is -3.34. The predicted octanol–water partition coefficient (Wildman–Crippen LogP) is 4.09. The van der Waals surface area contributed by atoms with Crippen molar-refractivity contribution in [3.8, 4) is 5.69 Å². The third-order valence-electron chi connectivity index (χ3n) is 4.61. The molecule has 1 aromatic heterocycles. The summed E-state index contributed by atoms with van der Waals surface area (Å²) in [6.45, 7) is 3.67. The first kappa shape index (κ1) is 16.1. The van der Waals surface area contributed by atoms with Crippen LogP contribution in [0.15, 0.2) is 54.1 Å². The van der Waals surface area contributed by atoms with Crippen LogP contribution in [0.3, 0.4) is 0 Å². The summed E-state index contributed by atoms with van der Waals surface area (Å²) < 4.78 is 14.8. The van der Waals surface area contributed by atoms with Gasteiger partial charge in [-0.15, -0.1) is 0 Å². The van der Waals surface area contributed by atoms with Gasteiger partial charge in [-0.2, -0.15) is 5.10 Å². The van der Waals surface area contributed by atoms with Gasteiger partial charge in [0.05, 0.1) is 17.0 Å². The van der Waals surface area contributed by atoms with E-state index in [9.17, 15) is 14.0 Å². The zero-order valence-corrected chi connectivity index (χ0v) is 14.3. The molecule has 5 heteroatoms. The number of benzene rings is 2. The lowest BCUT2D eigenvalue weighted by Gasteiger charge is -2.04. The molecule has 0 spiro atoms. The molecular formula is C21H15FN2O2. The van der Waals surface area contributed by atoms with Crippen molar-refractivity contribution in [3.63, 3.8) is 0 Å². The molecule has 2 aromatic carbocycles. The van der Waals surface area contributed by atoms with Crippen LogP contribution in [0.4, 0.5) is 4.39 Å². The Morgan fingerprint density at radius 1 is 0.923 bits per heavy atom. The summed E-state index contributed by atoms with van der Waals surface area (Å²) in [5.41, 5.74) is 3.92. The van der Waals surface area contributed by atoms with E-state index in [0.717, 1.165) is 11.3 Å². The number of halogens is 1. The topological polar surface area (TPSA) is 52.0 Å². The van der Waals surface area contributed by atoms with Crippen molar-refractivity contribution in [1.29, 1.82) is 0 Å². The molecule has 1 aliphatic carbocycles. The van der Waals surface area contributed by atoms with E-state index in [1.54, 1.807) is 47.2 Å². The highest BCUT2D eigenvalue weighted by Crippen LogP contribution is 2.29. The Morgan fingerprint density at radius 2 is 1.50 bits per heavy atom. The monoisotopic (exact) mass is 346 g/mol. The van der Waals surface area contributed by atoms with Gasteiger partial charge < -0.3 is 0 Å². The second kappa shape index (κ2) is 5.88.